The van der Waals surface area contributed by atoms with E-state index in [0.717, 1.165) is 0 Å². The Hall–Kier alpha value is -0.220. The van der Waals surface area contributed by atoms with Gasteiger partial charge in [0.15, 0.2) is 0 Å². The van der Waals surface area contributed by atoms with Crippen LogP contribution in [-0.4, -0.2) is 16.8 Å². The third-order valence-electron chi connectivity index (χ3n) is 0.218. The Morgan fingerprint density at radius 1 is 1.11 bits per heavy atom. The third kappa shape index (κ3) is 7.78. The van der Waals surface area contributed by atoms with Crippen LogP contribution in [0.15, 0.2) is 0 Å². The molecule has 0 fully saturated rings. The van der Waals surface area contributed by atoms with E-state index in [1.54, 1.807) is 0 Å². The van der Waals surface area contributed by atoms with Crippen molar-refractivity contribution in [3.8, 4) is 0 Å². The van der Waals surface area contributed by atoms with E-state index in [1.165, 1.54) is 0 Å². The van der Waals surface area contributed by atoms with E-state index < -0.39 is 20.5 Å². The Balaban J connectivity index is 4.46. The molecule has 0 saturated carbocycles. The van der Waals surface area contributed by atoms with E-state index in [9.17, 15) is 21.4 Å². The second-order valence-corrected chi connectivity index (χ2v) is 3.75. The van der Waals surface area contributed by atoms with E-state index in [4.69, 9.17) is 0 Å². The van der Waals surface area contributed by atoms with E-state index in [1.807, 2.05) is 0 Å². The number of rotatable bonds is 2. The van der Waals surface area contributed by atoms with Crippen molar-refractivity contribution in [1.29, 1.82) is 0 Å². The van der Waals surface area contributed by atoms with Crippen LogP contribution in [-0.2, 0) is 25.1 Å². The standard InChI is InChI=1S/H3N2O5S2/c1-8(3,4)2-9(5,6)7/h2H,(H2,1,3,4). The van der Waals surface area contributed by atoms with E-state index >= 15 is 0 Å². The van der Waals surface area contributed by atoms with Crippen LogP contribution in [0.3, 0.4) is 0 Å². The van der Waals surface area contributed by atoms with Crippen LogP contribution in [0, 0.1) is 0 Å². The van der Waals surface area contributed by atoms with Crippen LogP contribution in [0.1, 0.15) is 0 Å². The van der Waals surface area contributed by atoms with Crippen molar-refractivity contribution in [1.82, 2.24) is 4.13 Å². The monoisotopic (exact) mass is 175 g/mol. The average Bonchev–Trinajstić information content (AvgIpc) is 1.14. The van der Waals surface area contributed by atoms with Crippen molar-refractivity contribution in [3.63, 3.8) is 0 Å². The van der Waals surface area contributed by atoms with Gasteiger partial charge in [-0.1, -0.05) is 8.68 Å². The molecule has 0 aromatic heterocycles. The zero-order chi connectivity index (χ0) is 7.71. The number of hydrogen-bond acceptors (Lipinski definition) is 4. The molecule has 0 heterocycles. The first-order chi connectivity index (χ1) is 3.71. The Morgan fingerprint density at radius 2 is 1.44 bits per heavy atom. The first kappa shape index (κ1) is 8.78. The Kier molecular flexibility index (Phi) is 2.14. The Bertz CT molecular complexity index is 238. The molecule has 0 rings (SSSR count). The predicted octanol–water partition coefficient (Wildman–Crippen LogP) is -2.55. The highest BCUT2D eigenvalue weighted by molar-refractivity contribution is 8.00. The molecule has 0 aliphatic rings. The van der Waals surface area contributed by atoms with Gasteiger partial charge in [0.1, 0.15) is 0 Å². The van der Waals surface area contributed by atoms with E-state index in [0.29, 0.717) is 4.13 Å². The topological polar surface area (TPSA) is 126 Å². The maximum absolute atomic E-state index is 9.73. The van der Waals surface area contributed by atoms with Gasteiger partial charge in [0.25, 0.3) is 10.2 Å². The summed E-state index contributed by atoms with van der Waals surface area (Å²) in [6.45, 7) is 0. The van der Waals surface area contributed by atoms with Crippen molar-refractivity contribution in [3.05, 3.63) is 0 Å². The van der Waals surface area contributed by atoms with Crippen molar-refractivity contribution in [2.45, 2.75) is 0 Å². The van der Waals surface area contributed by atoms with Crippen LogP contribution >= 0.6 is 0 Å². The summed E-state index contributed by atoms with van der Waals surface area (Å²) in [6, 6.07) is 0. The fourth-order valence-electron chi connectivity index (χ4n) is 0.142. The van der Waals surface area contributed by atoms with Gasteiger partial charge in [-0.25, -0.2) is 5.14 Å². The van der Waals surface area contributed by atoms with Gasteiger partial charge in [0.05, 0.1) is 0 Å². The molecule has 7 nitrogen and oxygen atoms in total. The third-order valence-corrected chi connectivity index (χ3v) is 1.96. The fraction of sp³-hybridized carbons (Fsp3) is 0. The smallest absolute Gasteiger partial charge is 0.215 e. The molecule has 0 bridgehead atoms. The molecular formula is H3N2O5S2. The van der Waals surface area contributed by atoms with Crippen LogP contribution in [0.25, 0.3) is 0 Å². The Labute approximate surface area is 51.9 Å². The number of nitrogens with one attached hydrogen (secondary N) is 1. The highest BCUT2D eigenvalue weighted by atomic mass is 32.3. The first-order valence-corrected chi connectivity index (χ1v) is 4.43. The van der Waals surface area contributed by atoms with Gasteiger partial charge in [-0.15, -0.1) is 0 Å². The van der Waals surface area contributed by atoms with Crippen molar-refractivity contribution in [2.75, 3.05) is 0 Å². The lowest BCUT2D eigenvalue weighted by molar-refractivity contribution is 0.410. The summed E-state index contributed by atoms with van der Waals surface area (Å²) in [7, 11) is -9.43. The van der Waals surface area contributed by atoms with Crippen LogP contribution in [0.5, 0.6) is 0 Å². The van der Waals surface area contributed by atoms with Gasteiger partial charge in [-0.2, -0.15) is 16.8 Å². The summed E-state index contributed by atoms with van der Waals surface area (Å²) in [5, 5.41) is 4.10. The summed E-state index contributed by atoms with van der Waals surface area (Å²) >= 11 is 0. The quantitative estimate of drug-likeness (QED) is 0.479. The highest BCUT2D eigenvalue weighted by Crippen LogP contribution is 1.75. The highest BCUT2D eigenvalue weighted by Gasteiger charge is 2.13. The van der Waals surface area contributed by atoms with Gasteiger partial charge in [0, 0.05) is 0 Å². The van der Waals surface area contributed by atoms with E-state index in [-0.39, 0.29) is 0 Å². The molecule has 1 radical (unpaired) electrons. The van der Waals surface area contributed by atoms with Crippen LogP contribution in [0.4, 0.5) is 0 Å². The maximum atomic E-state index is 9.73. The molecule has 55 valence electrons. The molecule has 0 aliphatic carbocycles. The van der Waals surface area contributed by atoms with Crippen molar-refractivity contribution in [2.24, 2.45) is 5.14 Å². The van der Waals surface area contributed by atoms with Gasteiger partial charge in [-0.05, 0) is 0 Å². The zero-order valence-electron chi connectivity index (χ0n) is 3.94. The molecule has 0 spiro atoms. The lowest BCUT2D eigenvalue weighted by Gasteiger charge is -1.91. The minimum absolute atomic E-state index is 0.625. The summed E-state index contributed by atoms with van der Waals surface area (Å²) in [5.41, 5.74) is 0. The van der Waals surface area contributed by atoms with Gasteiger partial charge in [0.2, 0.25) is 0 Å². The lowest BCUT2D eigenvalue weighted by Crippen LogP contribution is -2.34. The molecule has 0 amide bonds. The summed E-state index contributed by atoms with van der Waals surface area (Å²) in [6.07, 6.45) is 0. The Morgan fingerprint density at radius 3 is 1.44 bits per heavy atom. The molecule has 0 unspecified atom stereocenters. The molecule has 0 aromatic carbocycles. The molecular weight excluding hydrogens is 172 g/mol. The van der Waals surface area contributed by atoms with Crippen molar-refractivity contribution >= 4 is 20.5 Å². The van der Waals surface area contributed by atoms with E-state index in [2.05, 4.69) is 5.14 Å². The number of nitrogens with two attached hydrogens (primary N) is 1. The minimum Gasteiger partial charge on any atom is -0.215 e. The lowest BCUT2D eigenvalue weighted by atomic mass is 13.9. The summed E-state index contributed by atoms with van der Waals surface area (Å²) in [4.78, 5) is 0. The second kappa shape index (κ2) is 2.19. The molecule has 9 heteroatoms. The number of hydrogen-bond donors (Lipinski definition) is 2. The normalized spacial score (nSPS) is 13.6. The summed E-state index contributed by atoms with van der Waals surface area (Å²) < 4.78 is 48.7. The van der Waals surface area contributed by atoms with Gasteiger partial charge >= 0.3 is 10.3 Å². The minimum atomic E-state index is -4.99. The van der Waals surface area contributed by atoms with Crippen LogP contribution in [0.2, 0.25) is 0 Å². The second-order valence-electron chi connectivity index (χ2n) is 1.08. The predicted molar refractivity (Wildman–Crippen MR) is 25.8 cm³/mol. The largest absolute Gasteiger partial charge is 0.377 e. The molecule has 9 heavy (non-hydrogen) atoms. The molecule has 0 aromatic rings. The van der Waals surface area contributed by atoms with Crippen molar-refractivity contribution < 1.29 is 21.4 Å². The zero-order valence-corrected chi connectivity index (χ0v) is 5.57. The molecule has 0 atom stereocenters. The maximum Gasteiger partial charge on any atom is 0.377 e. The molecule has 0 aliphatic heterocycles. The first-order valence-electron chi connectivity index (χ1n) is 1.48. The SMILES string of the molecule is NS(=O)(=O)NS([O])(=O)=O. The molecule has 0 saturated heterocycles. The average molecular weight is 175 g/mol. The van der Waals surface area contributed by atoms with Crippen LogP contribution < -0.4 is 9.27 Å². The van der Waals surface area contributed by atoms with Gasteiger partial charge in [-0.3, -0.25) is 0 Å². The van der Waals surface area contributed by atoms with Gasteiger partial charge < -0.3 is 0 Å². The fourth-order valence-corrected chi connectivity index (χ4v) is 1.28. The molecule has 3 N–H and O–H groups in total. The summed E-state index contributed by atoms with van der Waals surface area (Å²) in [5.74, 6) is 0.